The molecule has 1 heterocycles. The van der Waals surface area contributed by atoms with Crippen LogP contribution in [0.1, 0.15) is 37.2 Å². The van der Waals surface area contributed by atoms with E-state index in [1.54, 1.807) is 0 Å². The Balaban J connectivity index is 2.26. The van der Waals surface area contributed by atoms with E-state index in [1.165, 1.54) is 18.4 Å². The minimum atomic E-state index is 0.646. The molecule has 80 valence electrons. The molecule has 0 unspecified atom stereocenters. The van der Waals surface area contributed by atoms with Gasteiger partial charge in [0.05, 0.1) is 22.7 Å². The molecule has 1 aromatic carbocycles. The molecule has 3 rings (SSSR count). The molecule has 0 saturated heterocycles. The number of nitriles is 1. The molecule has 0 aliphatic heterocycles. The van der Waals surface area contributed by atoms with Crippen molar-refractivity contribution < 1.29 is 0 Å². The van der Waals surface area contributed by atoms with E-state index in [0.717, 1.165) is 17.8 Å². The minimum absolute atomic E-state index is 0.646. The molecule has 1 aliphatic carbocycles. The van der Waals surface area contributed by atoms with Crippen molar-refractivity contribution in [3.63, 3.8) is 0 Å². The molecule has 16 heavy (non-hydrogen) atoms. The van der Waals surface area contributed by atoms with Crippen LogP contribution in [0.15, 0.2) is 18.2 Å². The van der Waals surface area contributed by atoms with Gasteiger partial charge in [-0.15, -0.1) is 0 Å². The molecule has 3 nitrogen and oxygen atoms in total. The number of benzene rings is 1. The first-order valence-corrected chi connectivity index (χ1v) is 5.74. The predicted octanol–water partition coefficient (Wildman–Crippen LogP) is 2.81. The predicted molar refractivity (Wildman–Crippen MR) is 62.1 cm³/mol. The van der Waals surface area contributed by atoms with E-state index < -0.39 is 0 Å². The monoisotopic (exact) mass is 211 g/mol. The van der Waals surface area contributed by atoms with Gasteiger partial charge >= 0.3 is 0 Å². The van der Waals surface area contributed by atoms with E-state index in [4.69, 9.17) is 5.26 Å². The van der Waals surface area contributed by atoms with Crippen LogP contribution in [0.25, 0.3) is 11.0 Å². The molecule has 0 atom stereocenters. The summed E-state index contributed by atoms with van der Waals surface area (Å²) in [6.07, 6.45) is 3.48. The summed E-state index contributed by atoms with van der Waals surface area (Å²) >= 11 is 0. The third-order valence-electron chi connectivity index (χ3n) is 3.12. The van der Waals surface area contributed by atoms with Crippen LogP contribution in [0.2, 0.25) is 0 Å². The number of hydrogen-bond acceptors (Lipinski definition) is 2. The average molecular weight is 211 g/mol. The van der Waals surface area contributed by atoms with Crippen molar-refractivity contribution in [1.82, 2.24) is 9.55 Å². The molecule has 3 heteroatoms. The molecule has 0 N–H and O–H groups in total. The van der Waals surface area contributed by atoms with E-state index in [2.05, 4.69) is 22.5 Å². The van der Waals surface area contributed by atoms with Crippen LogP contribution >= 0.6 is 0 Å². The Morgan fingerprint density at radius 3 is 2.94 bits per heavy atom. The Morgan fingerprint density at radius 1 is 1.50 bits per heavy atom. The molecule has 0 amide bonds. The zero-order valence-corrected chi connectivity index (χ0v) is 9.27. The maximum atomic E-state index is 8.87. The van der Waals surface area contributed by atoms with Crippen LogP contribution in [-0.2, 0) is 6.42 Å². The molecule has 0 spiro atoms. The lowest BCUT2D eigenvalue weighted by molar-refractivity contribution is 0.708. The van der Waals surface area contributed by atoms with Gasteiger partial charge in [0.25, 0.3) is 0 Å². The summed E-state index contributed by atoms with van der Waals surface area (Å²) in [7, 11) is 0. The molecular formula is C13H13N3. The van der Waals surface area contributed by atoms with Crippen molar-refractivity contribution in [3.8, 4) is 6.07 Å². The summed E-state index contributed by atoms with van der Waals surface area (Å²) < 4.78 is 2.34. The maximum Gasteiger partial charge on any atom is 0.109 e. The fraction of sp³-hybridized carbons (Fsp3) is 0.385. The Labute approximate surface area is 94.3 Å². The summed E-state index contributed by atoms with van der Waals surface area (Å²) in [5.41, 5.74) is 2.83. The average Bonchev–Trinajstić information content (AvgIpc) is 3.08. The second kappa shape index (κ2) is 3.34. The second-order valence-corrected chi connectivity index (χ2v) is 4.30. The van der Waals surface area contributed by atoms with Gasteiger partial charge in [-0.1, -0.05) is 6.92 Å². The van der Waals surface area contributed by atoms with Crippen LogP contribution < -0.4 is 0 Å². The van der Waals surface area contributed by atoms with Crippen LogP contribution in [-0.4, -0.2) is 9.55 Å². The lowest BCUT2D eigenvalue weighted by atomic mass is 10.2. The van der Waals surface area contributed by atoms with E-state index in [-0.39, 0.29) is 0 Å². The highest BCUT2D eigenvalue weighted by molar-refractivity contribution is 5.78. The standard InChI is InChI=1S/C13H13N3/c1-2-13-15-11-7-9(8-14)3-6-12(11)16(13)10-4-5-10/h3,6-7,10H,2,4-5H2,1H3. The van der Waals surface area contributed by atoms with Crippen LogP contribution in [0.3, 0.4) is 0 Å². The first-order valence-electron chi connectivity index (χ1n) is 5.74. The maximum absolute atomic E-state index is 8.87. The molecule has 2 aromatic rings. The summed E-state index contributed by atoms with van der Waals surface area (Å²) in [5, 5.41) is 8.87. The highest BCUT2D eigenvalue weighted by atomic mass is 15.1. The first kappa shape index (κ1) is 9.41. The summed E-state index contributed by atoms with van der Waals surface area (Å²) in [6, 6.07) is 8.59. The Bertz CT molecular complexity index is 585. The quantitative estimate of drug-likeness (QED) is 0.766. The Morgan fingerprint density at radius 2 is 2.31 bits per heavy atom. The van der Waals surface area contributed by atoms with Crippen LogP contribution in [0, 0.1) is 11.3 Å². The number of aromatic nitrogens is 2. The summed E-state index contributed by atoms with van der Waals surface area (Å²) in [5.74, 6) is 1.15. The number of rotatable bonds is 2. The third-order valence-corrected chi connectivity index (χ3v) is 3.12. The van der Waals surface area contributed by atoms with Crippen LogP contribution in [0.4, 0.5) is 0 Å². The minimum Gasteiger partial charge on any atom is -0.325 e. The number of imidazole rings is 1. The SMILES string of the molecule is CCc1nc2cc(C#N)ccc2n1C1CC1. The zero-order valence-electron chi connectivity index (χ0n) is 9.27. The number of nitrogens with zero attached hydrogens (tertiary/aromatic N) is 3. The molecule has 1 aliphatic rings. The smallest absolute Gasteiger partial charge is 0.109 e. The molecule has 1 aromatic heterocycles. The second-order valence-electron chi connectivity index (χ2n) is 4.30. The zero-order chi connectivity index (χ0) is 11.1. The lowest BCUT2D eigenvalue weighted by Crippen LogP contribution is -1.99. The molecule has 0 bridgehead atoms. The van der Waals surface area contributed by atoms with Crippen LogP contribution in [0.5, 0.6) is 0 Å². The van der Waals surface area contributed by atoms with Crippen molar-refractivity contribution in [2.75, 3.05) is 0 Å². The summed E-state index contributed by atoms with van der Waals surface area (Å²) in [6.45, 7) is 2.13. The molecule has 0 radical (unpaired) electrons. The highest BCUT2D eigenvalue weighted by Crippen LogP contribution is 2.38. The summed E-state index contributed by atoms with van der Waals surface area (Å²) in [4.78, 5) is 4.61. The van der Waals surface area contributed by atoms with Crippen molar-refractivity contribution in [3.05, 3.63) is 29.6 Å². The van der Waals surface area contributed by atoms with Crippen molar-refractivity contribution in [2.45, 2.75) is 32.2 Å². The normalized spacial score (nSPS) is 15.2. The van der Waals surface area contributed by atoms with Crippen molar-refractivity contribution in [1.29, 1.82) is 5.26 Å². The largest absolute Gasteiger partial charge is 0.325 e. The van der Waals surface area contributed by atoms with Gasteiger partial charge in [-0.2, -0.15) is 5.26 Å². The van der Waals surface area contributed by atoms with Gasteiger partial charge < -0.3 is 4.57 Å². The first-order chi connectivity index (χ1) is 7.83. The number of fused-ring (bicyclic) bond motifs is 1. The van der Waals surface area contributed by atoms with Gasteiger partial charge in [0.1, 0.15) is 5.82 Å². The topological polar surface area (TPSA) is 41.6 Å². The van der Waals surface area contributed by atoms with Crippen molar-refractivity contribution >= 4 is 11.0 Å². The van der Waals surface area contributed by atoms with Gasteiger partial charge in [-0.05, 0) is 31.0 Å². The van der Waals surface area contributed by atoms with E-state index in [9.17, 15) is 0 Å². The third kappa shape index (κ3) is 1.30. The lowest BCUT2D eigenvalue weighted by Gasteiger charge is -2.04. The fourth-order valence-corrected chi connectivity index (χ4v) is 2.21. The number of hydrogen-bond donors (Lipinski definition) is 0. The van der Waals surface area contributed by atoms with E-state index >= 15 is 0 Å². The molecular weight excluding hydrogens is 198 g/mol. The molecule has 1 fully saturated rings. The van der Waals surface area contributed by atoms with Gasteiger partial charge in [-0.25, -0.2) is 4.98 Å². The van der Waals surface area contributed by atoms with Gasteiger partial charge in [0.15, 0.2) is 0 Å². The van der Waals surface area contributed by atoms with Gasteiger partial charge in [-0.3, -0.25) is 0 Å². The Hall–Kier alpha value is -1.82. The fourth-order valence-electron chi connectivity index (χ4n) is 2.21. The van der Waals surface area contributed by atoms with Crippen molar-refractivity contribution in [2.24, 2.45) is 0 Å². The highest BCUT2D eigenvalue weighted by Gasteiger charge is 2.27. The van der Waals surface area contributed by atoms with E-state index in [1.807, 2.05) is 18.2 Å². The van der Waals surface area contributed by atoms with E-state index in [0.29, 0.717) is 11.6 Å². The Kier molecular flexibility index (Phi) is 1.97. The van der Waals surface area contributed by atoms with Gasteiger partial charge in [0, 0.05) is 12.5 Å². The number of aryl methyl sites for hydroxylation is 1. The molecule has 1 saturated carbocycles. The van der Waals surface area contributed by atoms with Gasteiger partial charge in [0.2, 0.25) is 0 Å².